The number of ether oxygens (including phenoxy) is 1. The molecule has 2 N–H and O–H groups in total. The second kappa shape index (κ2) is 10.5. The summed E-state index contributed by atoms with van der Waals surface area (Å²) < 4.78 is 11.1. The summed E-state index contributed by atoms with van der Waals surface area (Å²) in [5, 5.41) is 2.96. The van der Waals surface area contributed by atoms with Gasteiger partial charge in [0.2, 0.25) is 0 Å². The number of carbonyl (C=O) groups excluding carboxylic acids is 1. The first-order valence-corrected chi connectivity index (χ1v) is 10.8. The molecule has 1 aromatic carbocycles. The van der Waals surface area contributed by atoms with Crippen molar-refractivity contribution >= 4 is 17.7 Å². The highest BCUT2D eigenvalue weighted by Gasteiger charge is 2.14. The summed E-state index contributed by atoms with van der Waals surface area (Å²) in [5.74, 6) is 2.82. The maximum Gasteiger partial charge on any atom is 0.286 e. The molecule has 6 heteroatoms. The molecule has 1 amide bonds. The van der Waals surface area contributed by atoms with Gasteiger partial charge in [-0.05, 0) is 24.6 Å². The van der Waals surface area contributed by atoms with Gasteiger partial charge in [0.15, 0.2) is 5.76 Å². The van der Waals surface area contributed by atoms with Crippen molar-refractivity contribution in [2.75, 3.05) is 39.4 Å². The van der Waals surface area contributed by atoms with Gasteiger partial charge in [-0.1, -0.05) is 29.8 Å². The van der Waals surface area contributed by atoms with Gasteiger partial charge in [-0.25, -0.2) is 0 Å². The molecular weight excluding hydrogens is 360 g/mol. The Morgan fingerprint density at radius 3 is 2.67 bits per heavy atom. The first-order valence-electron chi connectivity index (χ1n) is 9.62. The molecule has 1 saturated heterocycles. The summed E-state index contributed by atoms with van der Waals surface area (Å²) >= 11 is 1.79. The van der Waals surface area contributed by atoms with Crippen molar-refractivity contribution < 1.29 is 18.8 Å². The zero-order valence-electron chi connectivity index (χ0n) is 16.0. The van der Waals surface area contributed by atoms with Crippen LogP contribution in [0.25, 0.3) is 0 Å². The van der Waals surface area contributed by atoms with Crippen molar-refractivity contribution in [1.82, 2.24) is 5.32 Å². The molecule has 27 heavy (non-hydrogen) atoms. The number of amides is 1. The van der Waals surface area contributed by atoms with Crippen LogP contribution >= 0.6 is 11.8 Å². The summed E-state index contributed by atoms with van der Waals surface area (Å²) in [6.07, 6.45) is 0.973. The lowest BCUT2D eigenvalue weighted by molar-refractivity contribution is -0.908. The monoisotopic (exact) mass is 389 g/mol. The Bertz CT molecular complexity index is 708. The fourth-order valence-electron chi connectivity index (χ4n) is 3.07. The molecule has 2 aromatic rings. The van der Waals surface area contributed by atoms with E-state index in [1.807, 2.05) is 6.07 Å². The van der Waals surface area contributed by atoms with Crippen molar-refractivity contribution in [3.8, 4) is 0 Å². The van der Waals surface area contributed by atoms with E-state index in [4.69, 9.17) is 9.15 Å². The minimum absolute atomic E-state index is 0.123. The second-order valence-electron chi connectivity index (χ2n) is 6.97. The molecule has 0 unspecified atom stereocenters. The third-order valence-corrected chi connectivity index (χ3v) is 5.74. The standard InChI is InChI=1S/C21H28N2O3S/c1-17-3-5-18(6-4-17)15-27-16-19-7-8-20(26-19)21(24)22-9-2-10-23-11-13-25-14-12-23/h3-8H,2,9-16H2,1H3,(H,22,24)/p+1. The first-order chi connectivity index (χ1) is 13.2. The molecule has 1 aromatic heterocycles. The Morgan fingerprint density at radius 2 is 1.89 bits per heavy atom. The SMILES string of the molecule is Cc1ccc(CSCc2ccc(C(=O)NCCC[NH+]3CCOCC3)o2)cc1. The molecule has 1 fully saturated rings. The van der Waals surface area contributed by atoms with Crippen molar-refractivity contribution in [3.05, 3.63) is 59.0 Å². The third kappa shape index (κ3) is 6.72. The lowest BCUT2D eigenvalue weighted by atomic mass is 10.2. The van der Waals surface area contributed by atoms with E-state index in [1.54, 1.807) is 22.7 Å². The molecule has 5 nitrogen and oxygen atoms in total. The van der Waals surface area contributed by atoms with Crippen LogP contribution in [0.15, 0.2) is 40.8 Å². The normalized spacial score (nSPS) is 15.0. The molecule has 146 valence electrons. The molecule has 1 aliphatic rings. The van der Waals surface area contributed by atoms with E-state index < -0.39 is 0 Å². The van der Waals surface area contributed by atoms with Crippen LogP contribution in [-0.2, 0) is 16.2 Å². The minimum Gasteiger partial charge on any atom is -0.455 e. The van der Waals surface area contributed by atoms with Crippen molar-refractivity contribution in [2.45, 2.75) is 24.9 Å². The van der Waals surface area contributed by atoms with Crippen LogP contribution in [0.2, 0.25) is 0 Å². The van der Waals surface area contributed by atoms with Gasteiger partial charge in [-0.3, -0.25) is 4.79 Å². The minimum atomic E-state index is -0.123. The summed E-state index contributed by atoms with van der Waals surface area (Å²) in [4.78, 5) is 13.8. The third-order valence-electron chi connectivity index (χ3n) is 4.71. The van der Waals surface area contributed by atoms with Crippen LogP contribution < -0.4 is 10.2 Å². The molecule has 0 radical (unpaired) electrons. The number of aryl methyl sites for hydroxylation is 1. The Labute approximate surface area is 165 Å². The number of hydrogen-bond acceptors (Lipinski definition) is 4. The summed E-state index contributed by atoms with van der Waals surface area (Å²) in [5.41, 5.74) is 2.58. The molecular formula is C21H29N2O3S+. The molecule has 3 rings (SSSR count). The highest BCUT2D eigenvalue weighted by Crippen LogP contribution is 2.20. The average Bonchev–Trinajstić information content (AvgIpc) is 3.16. The Kier molecular flexibility index (Phi) is 7.80. The number of carbonyl (C=O) groups is 1. The fourth-order valence-corrected chi connectivity index (χ4v) is 3.96. The van der Waals surface area contributed by atoms with Crippen LogP contribution in [0.4, 0.5) is 0 Å². The zero-order valence-corrected chi connectivity index (χ0v) is 16.8. The topological polar surface area (TPSA) is 55.9 Å². The highest BCUT2D eigenvalue weighted by atomic mass is 32.2. The van der Waals surface area contributed by atoms with Gasteiger partial charge in [0.25, 0.3) is 5.91 Å². The predicted molar refractivity (Wildman–Crippen MR) is 108 cm³/mol. The lowest BCUT2D eigenvalue weighted by Gasteiger charge is -2.23. The summed E-state index contributed by atoms with van der Waals surface area (Å²) in [6.45, 7) is 7.67. The van der Waals surface area contributed by atoms with Crippen LogP contribution in [0.5, 0.6) is 0 Å². The van der Waals surface area contributed by atoms with E-state index in [2.05, 4.69) is 36.5 Å². The van der Waals surface area contributed by atoms with Crippen LogP contribution in [0.3, 0.4) is 0 Å². The molecule has 0 atom stereocenters. The number of furan rings is 1. The van der Waals surface area contributed by atoms with Crippen molar-refractivity contribution in [3.63, 3.8) is 0 Å². The fraction of sp³-hybridized carbons (Fsp3) is 0.476. The molecule has 0 aliphatic carbocycles. The quantitative estimate of drug-likeness (QED) is 0.645. The smallest absolute Gasteiger partial charge is 0.286 e. The van der Waals surface area contributed by atoms with Gasteiger partial charge < -0.3 is 19.4 Å². The van der Waals surface area contributed by atoms with E-state index in [0.29, 0.717) is 12.3 Å². The average molecular weight is 390 g/mol. The van der Waals surface area contributed by atoms with Gasteiger partial charge >= 0.3 is 0 Å². The summed E-state index contributed by atoms with van der Waals surface area (Å²) in [6, 6.07) is 12.2. The predicted octanol–water partition coefficient (Wildman–Crippen LogP) is 2.06. The van der Waals surface area contributed by atoms with Gasteiger partial charge in [0, 0.05) is 18.7 Å². The molecule has 0 saturated carbocycles. The van der Waals surface area contributed by atoms with Gasteiger partial charge in [-0.15, -0.1) is 11.8 Å². The zero-order chi connectivity index (χ0) is 18.9. The lowest BCUT2D eigenvalue weighted by Crippen LogP contribution is -3.14. The number of rotatable bonds is 9. The number of quaternary nitrogens is 1. The highest BCUT2D eigenvalue weighted by molar-refractivity contribution is 7.97. The van der Waals surface area contributed by atoms with E-state index >= 15 is 0 Å². The Balaban J connectivity index is 1.33. The largest absolute Gasteiger partial charge is 0.455 e. The molecule has 2 heterocycles. The maximum atomic E-state index is 12.2. The Hall–Kier alpha value is -1.76. The van der Waals surface area contributed by atoms with Crippen molar-refractivity contribution in [1.29, 1.82) is 0 Å². The van der Waals surface area contributed by atoms with Crippen LogP contribution in [0, 0.1) is 6.92 Å². The number of thioether (sulfide) groups is 1. The second-order valence-corrected chi connectivity index (χ2v) is 7.95. The molecule has 0 bridgehead atoms. The Morgan fingerprint density at radius 1 is 1.11 bits per heavy atom. The van der Waals surface area contributed by atoms with E-state index in [0.717, 1.165) is 56.5 Å². The number of hydrogen-bond donors (Lipinski definition) is 2. The number of benzene rings is 1. The molecule has 0 spiro atoms. The van der Waals surface area contributed by atoms with E-state index in [-0.39, 0.29) is 5.91 Å². The molecule has 1 aliphatic heterocycles. The first kappa shape index (κ1) is 20.0. The number of nitrogens with one attached hydrogen (secondary N) is 2. The summed E-state index contributed by atoms with van der Waals surface area (Å²) in [7, 11) is 0. The van der Waals surface area contributed by atoms with Gasteiger partial charge in [-0.2, -0.15) is 0 Å². The number of morpholine rings is 1. The van der Waals surface area contributed by atoms with E-state index in [1.165, 1.54) is 11.1 Å². The maximum absolute atomic E-state index is 12.2. The van der Waals surface area contributed by atoms with E-state index in [9.17, 15) is 4.79 Å². The van der Waals surface area contributed by atoms with Crippen LogP contribution in [-0.4, -0.2) is 45.3 Å². The van der Waals surface area contributed by atoms with Crippen molar-refractivity contribution in [2.24, 2.45) is 0 Å². The van der Waals surface area contributed by atoms with Gasteiger partial charge in [0.1, 0.15) is 18.8 Å². The van der Waals surface area contributed by atoms with Crippen LogP contribution in [0.1, 0.15) is 33.9 Å². The van der Waals surface area contributed by atoms with Gasteiger partial charge in [0.05, 0.1) is 25.5 Å².